The maximum Gasteiger partial charge on any atom is 0.123 e. The summed E-state index contributed by atoms with van der Waals surface area (Å²) in [4.78, 5) is 0. The molecule has 90 valence electrons. The Kier molecular flexibility index (Phi) is 4.13. The van der Waals surface area contributed by atoms with Crippen LogP contribution in [-0.2, 0) is 13.0 Å². The lowest BCUT2D eigenvalue weighted by molar-refractivity contribution is 0.476. The van der Waals surface area contributed by atoms with Crippen LogP contribution in [0, 0.1) is 0 Å². The number of rotatable bonds is 4. The van der Waals surface area contributed by atoms with Gasteiger partial charge in [0, 0.05) is 15.9 Å². The minimum atomic E-state index is 0.652. The summed E-state index contributed by atoms with van der Waals surface area (Å²) in [5.74, 6) is 1.93. The minimum absolute atomic E-state index is 0.652. The normalized spacial score (nSPS) is 10.5. The van der Waals surface area contributed by atoms with Crippen LogP contribution in [0.3, 0.4) is 0 Å². The summed E-state index contributed by atoms with van der Waals surface area (Å²) in [6.45, 7) is 2.72. The van der Waals surface area contributed by atoms with Crippen LogP contribution in [-0.4, -0.2) is 0 Å². The molecule has 4 heteroatoms. The predicted molar refractivity (Wildman–Crippen MR) is 74.6 cm³/mol. The summed E-state index contributed by atoms with van der Waals surface area (Å²) >= 11 is 9.41. The van der Waals surface area contributed by atoms with Crippen LogP contribution in [0.5, 0.6) is 0 Å². The van der Waals surface area contributed by atoms with Crippen LogP contribution in [0.25, 0.3) is 0 Å². The molecule has 17 heavy (non-hydrogen) atoms. The number of benzene rings is 1. The van der Waals surface area contributed by atoms with E-state index in [2.05, 4.69) is 28.2 Å². The molecule has 0 amide bonds. The Morgan fingerprint density at radius 3 is 2.71 bits per heavy atom. The van der Waals surface area contributed by atoms with E-state index in [1.807, 2.05) is 30.3 Å². The van der Waals surface area contributed by atoms with Crippen LogP contribution in [0.4, 0.5) is 5.69 Å². The summed E-state index contributed by atoms with van der Waals surface area (Å²) in [6, 6.07) is 9.65. The second-order valence-corrected chi connectivity index (χ2v) is 4.99. The van der Waals surface area contributed by atoms with E-state index >= 15 is 0 Å². The van der Waals surface area contributed by atoms with Gasteiger partial charge < -0.3 is 9.73 Å². The Bertz CT molecular complexity index is 510. The van der Waals surface area contributed by atoms with Gasteiger partial charge in [-0.1, -0.05) is 18.5 Å². The first-order valence-electron chi connectivity index (χ1n) is 5.45. The molecular formula is C13H13BrClNO. The van der Waals surface area contributed by atoms with E-state index in [1.54, 1.807) is 0 Å². The molecule has 0 saturated heterocycles. The molecule has 2 aromatic rings. The van der Waals surface area contributed by atoms with E-state index in [-0.39, 0.29) is 0 Å². The van der Waals surface area contributed by atoms with Crippen molar-refractivity contribution in [3.63, 3.8) is 0 Å². The van der Waals surface area contributed by atoms with Gasteiger partial charge in [-0.25, -0.2) is 0 Å². The number of hydrogen-bond acceptors (Lipinski definition) is 2. The Labute approximate surface area is 114 Å². The Morgan fingerprint density at radius 1 is 1.24 bits per heavy atom. The smallest absolute Gasteiger partial charge is 0.123 e. The molecule has 1 aromatic heterocycles. The molecule has 0 aliphatic rings. The van der Waals surface area contributed by atoms with Gasteiger partial charge in [0.15, 0.2) is 0 Å². The molecule has 0 aliphatic carbocycles. The van der Waals surface area contributed by atoms with Gasteiger partial charge in [-0.3, -0.25) is 0 Å². The van der Waals surface area contributed by atoms with Crippen LogP contribution in [0.1, 0.15) is 18.4 Å². The van der Waals surface area contributed by atoms with E-state index in [4.69, 9.17) is 16.0 Å². The first kappa shape index (κ1) is 12.5. The van der Waals surface area contributed by atoms with Gasteiger partial charge in [0.1, 0.15) is 11.5 Å². The first-order chi connectivity index (χ1) is 8.19. The van der Waals surface area contributed by atoms with Crippen LogP contribution in [0.2, 0.25) is 5.02 Å². The minimum Gasteiger partial charge on any atom is -0.464 e. The van der Waals surface area contributed by atoms with E-state index in [0.717, 1.165) is 28.1 Å². The molecule has 1 N–H and O–H groups in total. The third-order valence-electron chi connectivity index (χ3n) is 2.45. The number of halogens is 2. The second kappa shape index (κ2) is 5.61. The second-order valence-electron chi connectivity index (χ2n) is 3.70. The third-order valence-corrected chi connectivity index (χ3v) is 3.37. The molecule has 0 unspecified atom stereocenters. The largest absolute Gasteiger partial charge is 0.464 e. The standard InChI is InChI=1S/C13H13BrClNO/c1-2-10-4-5-11(17-10)8-16-13-7-9(15)3-6-12(13)14/h3-7,16H,2,8H2,1H3. The lowest BCUT2D eigenvalue weighted by Gasteiger charge is -2.07. The zero-order valence-electron chi connectivity index (χ0n) is 9.47. The molecule has 2 nitrogen and oxygen atoms in total. The van der Waals surface area contributed by atoms with E-state index < -0.39 is 0 Å². The summed E-state index contributed by atoms with van der Waals surface area (Å²) in [5.41, 5.74) is 0.965. The predicted octanol–water partition coefficient (Wildman–Crippen LogP) is 4.87. The van der Waals surface area contributed by atoms with Gasteiger partial charge in [-0.05, 0) is 46.3 Å². The molecule has 0 radical (unpaired) electrons. The van der Waals surface area contributed by atoms with E-state index in [1.165, 1.54) is 0 Å². The number of furan rings is 1. The van der Waals surface area contributed by atoms with Gasteiger partial charge in [-0.15, -0.1) is 0 Å². The van der Waals surface area contributed by atoms with Crippen molar-refractivity contribution in [1.82, 2.24) is 0 Å². The lowest BCUT2D eigenvalue weighted by atomic mass is 10.3. The molecule has 1 heterocycles. The zero-order chi connectivity index (χ0) is 12.3. The lowest BCUT2D eigenvalue weighted by Crippen LogP contribution is -1.98. The van der Waals surface area contributed by atoms with E-state index in [9.17, 15) is 0 Å². The number of nitrogens with one attached hydrogen (secondary N) is 1. The topological polar surface area (TPSA) is 25.2 Å². The van der Waals surface area contributed by atoms with Gasteiger partial charge in [-0.2, -0.15) is 0 Å². The summed E-state index contributed by atoms with van der Waals surface area (Å²) in [5, 5.41) is 3.99. The van der Waals surface area contributed by atoms with Crippen LogP contribution < -0.4 is 5.32 Å². The average molecular weight is 315 g/mol. The van der Waals surface area contributed by atoms with Crippen molar-refractivity contribution in [1.29, 1.82) is 0 Å². The number of anilines is 1. The Hall–Kier alpha value is -0.930. The molecule has 0 atom stereocenters. The number of hydrogen-bond donors (Lipinski definition) is 1. The average Bonchev–Trinajstić information content (AvgIpc) is 2.78. The van der Waals surface area contributed by atoms with E-state index in [0.29, 0.717) is 11.6 Å². The maximum absolute atomic E-state index is 5.94. The van der Waals surface area contributed by atoms with Crippen molar-refractivity contribution in [2.45, 2.75) is 19.9 Å². The van der Waals surface area contributed by atoms with Crippen molar-refractivity contribution in [3.05, 3.63) is 51.3 Å². The van der Waals surface area contributed by atoms with Crippen LogP contribution >= 0.6 is 27.5 Å². The molecular weight excluding hydrogens is 302 g/mol. The molecule has 0 saturated carbocycles. The van der Waals surface area contributed by atoms with Gasteiger partial charge in [0.2, 0.25) is 0 Å². The molecule has 1 aromatic carbocycles. The van der Waals surface area contributed by atoms with Crippen molar-refractivity contribution < 1.29 is 4.42 Å². The fraction of sp³-hybridized carbons (Fsp3) is 0.231. The van der Waals surface area contributed by atoms with Crippen molar-refractivity contribution in [2.24, 2.45) is 0 Å². The SMILES string of the molecule is CCc1ccc(CNc2cc(Cl)ccc2Br)o1. The first-order valence-corrected chi connectivity index (χ1v) is 6.62. The summed E-state index contributed by atoms with van der Waals surface area (Å²) < 4.78 is 6.60. The molecule has 0 fully saturated rings. The van der Waals surface area contributed by atoms with Crippen molar-refractivity contribution >= 4 is 33.2 Å². The number of aryl methyl sites for hydroxylation is 1. The van der Waals surface area contributed by atoms with Crippen molar-refractivity contribution in [3.8, 4) is 0 Å². The van der Waals surface area contributed by atoms with Gasteiger partial charge in [0.05, 0.1) is 12.2 Å². The highest BCUT2D eigenvalue weighted by molar-refractivity contribution is 9.10. The van der Waals surface area contributed by atoms with Gasteiger partial charge >= 0.3 is 0 Å². The van der Waals surface area contributed by atoms with Crippen LogP contribution in [0.15, 0.2) is 39.2 Å². The summed E-state index contributed by atoms with van der Waals surface area (Å²) in [7, 11) is 0. The molecule has 0 bridgehead atoms. The fourth-order valence-corrected chi connectivity index (χ4v) is 2.08. The third kappa shape index (κ3) is 3.27. The quantitative estimate of drug-likeness (QED) is 0.871. The maximum atomic E-state index is 5.94. The Balaban J connectivity index is 2.04. The summed E-state index contributed by atoms with van der Waals surface area (Å²) in [6.07, 6.45) is 0.918. The highest BCUT2D eigenvalue weighted by atomic mass is 79.9. The Morgan fingerprint density at radius 2 is 2.00 bits per heavy atom. The highest BCUT2D eigenvalue weighted by Crippen LogP contribution is 2.26. The zero-order valence-corrected chi connectivity index (χ0v) is 11.8. The molecule has 0 aliphatic heterocycles. The molecule has 0 spiro atoms. The van der Waals surface area contributed by atoms with Gasteiger partial charge in [0.25, 0.3) is 0 Å². The fourth-order valence-electron chi connectivity index (χ4n) is 1.52. The molecule has 2 rings (SSSR count). The highest BCUT2D eigenvalue weighted by Gasteiger charge is 2.03. The van der Waals surface area contributed by atoms with Crippen molar-refractivity contribution in [2.75, 3.05) is 5.32 Å². The monoisotopic (exact) mass is 313 g/mol.